The number of carboxylic acids is 1. The molecule has 1 aliphatic carbocycles. The number of nitrogens with one attached hydrogen (secondary N) is 1. The Morgan fingerprint density at radius 2 is 1.86 bits per heavy atom. The van der Waals surface area contributed by atoms with Gasteiger partial charge in [0.2, 0.25) is 10.0 Å². The minimum absolute atomic E-state index is 0.0252. The molecule has 0 radical (unpaired) electrons. The summed E-state index contributed by atoms with van der Waals surface area (Å²) in [5.41, 5.74) is 3.03. The summed E-state index contributed by atoms with van der Waals surface area (Å²) in [4.78, 5) is 11.6. The molecule has 7 heteroatoms. The van der Waals surface area contributed by atoms with Crippen LogP contribution >= 0.6 is 0 Å². The van der Waals surface area contributed by atoms with Crippen LogP contribution < -0.4 is 9.46 Å². The third kappa shape index (κ3) is 6.17. The van der Waals surface area contributed by atoms with E-state index in [1.165, 1.54) is 11.6 Å². The molecule has 3 rings (SSSR count). The smallest absolute Gasteiger partial charge is 0.344 e. The van der Waals surface area contributed by atoms with E-state index in [-0.39, 0.29) is 13.0 Å². The van der Waals surface area contributed by atoms with Crippen molar-refractivity contribution in [2.24, 2.45) is 0 Å². The van der Waals surface area contributed by atoms with E-state index in [4.69, 9.17) is 4.74 Å². The third-order valence-electron chi connectivity index (χ3n) is 4.85. The Bertz CT molecular complexity index is 970. The van der Waals surface area contributed by atoms with Gasteiger partial charge in [0.1, 0.15) is 5.75 Å². The number of sulfonamides is 1. The Balaban J connectivity index is 1.59. The van der Waals surface area contributed by atoms with Crippen molar-refractivity contribution in [3.63, 3.8) is 0 Å². The van der Waals surface area contributed by atoms with Gasteiger partial charge < -0.3 is 9.84 Å². The highest BCUT2D eigenvalue weighted by molar-refractivity contribution is 7.92. The molecule has 0 saturated carbocycles. The standard InChI is InChI=1S/C22H25NO5S/c24-22(25)21(28-20-12-6-10-18-9-4-5-11-19(18)20)13-15-23-29(26,27)16-14-17-7-2-1-3-8-17/h1-3,6-8,10,12,14,16,21,23H,4-5,9,11,13,15H2,(H,24,25). The molecule has 0 saturated heterocycles. The van der Waals surface area contributed by atoms with Crippen molar-refractivity contribution in [1.82, 2.24) is 4.72 Å². The lowest BCUT2D eigenvalue weighted by Gasteiger charge is -2.22. The molecular weight excluding hydrogens is 390 g/mol. The summed E-state index contributed by atoms with van der Waals surface area (Å²) in [6.45, 7) is -0.0343. The Morgan fingerprint density at radius 3 is 2.62 bits per heavy atom. The maximum absolute atomic E-state index is 12.1. The minimum Gasteiger partial charge on any atom is -0.479 e. The number of hydrogen-bond donors (Lipinski definition) is 2. The Hall–Kier alpha value is -2.64. The van der Waals surface area contributed by atoms with Crippen LogP contribution in [0.25, 0.3) is 6.08 Å². The first kappa shape index (κ1) is 21.1. The van der Waals surface area contributed by atoms with E-state index in [1.54, 1.807) is 18.2 Å². The zero-order valence-corrected chi connectivity index (χ0v) is 16.9. The quantitative estimate of drug-likeness (QED) is 0.655. The number of carbonyl (C=O) groups is 1. The molecule has 0 aliphatic heterocycles. The van der Waals surface area contributed by atoms with Crippen molar-refractivity contribution in [1.29, 1.82) is 0 Å². The van der Waals surface area contributed by atoms with Gasteiger partial charge in [-0.3, -0.25) is 0 Å². The molecule has 0 spiro atoms. The first-order chi connectivity index (χ1) is 13.9. The largest absolute Gasteiger partial charge is 0.479 e. The van der Waals surface area contributed by atoms with Gasteiger partial charge in [-0.1, -0.05) is 42.5 Å². The predicted molar refractivity (Wildman–Crippen MR) is 112 cm³/mol. The molecule has 1 aliphatic rings. The van der Waals surface area contributed by atoms with Gasteiger partial charge in [0.15, 0.2) is 6.10 Å². The molecule has 2 aromatic carbocycles. The maximum Gasteiger partial charge on any atom is 0.344 e. The zero-order chi connectivity index (χ0) is 20.7. The van der Waals surface area contributed by atoms with Crippen molar-refractivity contribution in [3.8, 4) is 5.75 Å². The first-order valence-corrected chi connectivity index (χ1v) is 11.2. The van der Waals surface area contributed by atoms with Crippen molar-refractivity contribution in [2.75, 3.05) is 6.54 Å². The molecule has 154 valence electrons. The van der Waals surface area contributed by atoms with E-state index in [0.717, 1.165) is 42.2 Å². The van der Waals surface area contributed by atoms with Crippen LogP contribution in [-0.2, 0) is 27.7 Å². The maximum atomic E-state index is 12.1. The number of aryl methyl sites for hydroxylation is 1. The third-order valence-corrected chi connectivity index (χ3v) is 5.95. The normalized spacial score (nSPS) is 15.0. The summed E-state index contributed by atoms with van der Waals surface area (Å²) in [7, 11) is -3.67. The van der Waals surface area contributed by atoms with Gasteiger partial charge in [0.25, 0.3) is 0 Å². The van der Waals surface area contributed by atoms with Crippen molar-refractivity contribution >= 4 is 22.1 Å². The molecule has 6 nitrogen and oxygen atoms in total. The summed E-state index contributed by atoms with van der Waals surface area (Å²) in [6.07, 6.45) is 4.41. The molecule has 0 fully saturated rings. The molecule has 2 aromatic rings. The SMILES string of the molecule is O=C(O)C(CCNS(=O)(=O)C=Cc1ccccc1)Oc1cccc2c1CCCC2. The molecule has 0 aromatic heterocycles. The second-order valence-electron chi connectivity index (χ2n) is 6.99. The summed E-state index contributed by atoms with van der Waals surface area (Å²) in [5, 5.41) is 10.6. The predicted octanol–water partition coefficient (Wildman–Crippen LogP) is 3.38. The Labute approximate surface area is 171 Å². The van der Waals surface area contributed by atoms with Crippen molar-refractivity contribution in [3.05, 3.63) is 70.6 Å². The first-order valence-electron chi connectivity index (χ1n) is 9.68. The number of carboxylic acid groups (broad SMARTS) is 1. The highest BCUT2D eigenvalue weighted by Crippen LogP contribution is 2.30. The van der Waals surface area contributed by atoms with Crippen LogP contribution in [0.5, 0.6) is 5.75 Å². The van der Waals surface area contributed by atoms with Crippen LogP contribution in [0.1, 0.15) is 36.0 Å². The number of rotatable bonds is 9. The van der Waals surface area contributed by atoms with Gasteiger partial charge in [-0.25, -0.2) is 17.9 Å². The Kier molecular flexibility index (Phi) is 7.06. The van der Waals surface area contributed by atoms with E-state index < -0.39 is 22.1 Å². The molecule has 2 N–H and O–H groups in total. The summed E-state index contributed by atoms with van der Waals surface area (Å²) >= 11 is 0. The van der Waals surface area contributed by atoms with Crippen LogP contribution in [0.15, 0.2) is 53.9 Å². The van der Waals surface area contributed by atoms with Gasteiger partial charge >= 0.3 is 5.97 Å². The summed E-state index contributed by atoms with van der Waals surface area (Å²) in [6, 6.07) is 14.8. The van der Waals surface area contributed by atoms with Gasteiger partial charge in [0.05, 0.1) is 0 Å². The minimum atomic E-state index is -3.67. The molecule has 0 amide bonds. The van der Waals surface area contributed by atoms with Crippen LogP contribution in [0.2, 0.25) is 0 Å². The van der Waals surface area contributed by atoms with Gasteiger partial charge in [-0.2, -0.15) is 0 Å². The van der Waals surface area contributed by atoms with Crippen molar-refractivity contribution < 1.29 is 23.1 Å². The van der Waals surface area contributed by atoms with E-state index in [0.29, 0.717) is 5.75 Å². The molecule has 29 heavy (non-hydrogen) atoms. The van der Waals surface area contributed by atoms with Gasteiger partial charge in [0, 0.05) is 18.4 Å². The number of ether oxygens (including phenoxy) is 1. The van der Waals surface area contributed by atoms with E-state index in [2.05, 4.69) is 4.72 Å². The average Bonchev–Trinajstić information content (AvgIpc) is 2.72. The topological polar surface area (TPSA) is 92.7 Å². The fraction of sp³-hybridized carbons (Fsp3) is 0.318. The highest BCUT2D eigenvalue weighted by Gasteiger charge is 2.23. The molecule has 1 unspecified atom stereocenters. The lowest BCUT2D eigenvalue weighted by Crippen LogP contribution is -2.33. The van der Waals surface area contributed by atoms with E-state index in [1.807, 2.05) is 30.3 Å². The van der Waals surface area contributed by atoms with E-state index in [9.17, 15) is 18.3 Å². The molecule has 0 heterocycles. The highest BCUT2D eigenvalue weighted by atomic mass is 32.2. The number of fused-ring (bicyclic) bond motifs is 1. The summed E-state index contributed by atoms with van der Waals surface area (Å²) in [5.74, 6) is -0.529. The lowest BCUT2D eigenvalue weighted by molar-refractivity contribution is -0.145. The van der Waals surface area contributed by atoms with Gasteiger partial charge in [-0.15, -0.1) is 0 Å². The fourth-order valence-corrected chi connectivity index (χ4v) is 4.19. The molecule has 0 bridgehead atoms. The average molecular weight is 416 g/mol. The second kappa shape index (κ2) is 9.71. The monoisotopic (exact) mass is 415 g/mol. The van der Waals surface area contributed by atoms with Crippen LogP contribution in [-0.4, -0.2) is 32.1 Å². The Morgan fingerprint density at radius 1 is 1.10 bits per heavy atom. The molecular formula is C22H25NO5S. The van der Waals surface area contributed by atoms with Crippen LogP contribution in [0.3, 0.4) is 0 Å². The van der Waals surface area contributed by atoms with Gasteiger partial charge in [-0.05, 0) is 54.5 Å². The van der Waals surface area contributed by atoms with Crippen LogP contribution in [0, 0.1) is 0 Å². The van der Waals surface area contributed by atoms with Crippen LogP contribution in [0.4, 0.5) is 0 Å². The summed E-state index contributed by atoms with van der Waals surface area (Å²) < 4.78 is 32.4. The number of hydrogen-bond acceptors (Lipinski definition) is 4. The second-order valence-corrected chi connectivity index (χ2v) is 8.64. The van der Waals surface area contributed by atoms with E-state index >= 15 is 0 Å². The number of aliphatic carboxylic acids is 1. The van der Waals surface area contributed by atoms with Crippen molar-refractivity contribution in [2.45, 2.75) is 38.2 Å². The lowest BCUT2D eigenvalue weighted by atomic mass is 9.91. The fourth-order valence-electron chi connectivity index (χ4n) is 3.36. The zero-order valence-electron chi connectivity index (χ0n) is 16.1. The molecule has 1 atom stereocenters. The number of benzene rings is 2.